The van der Waals surface area contributed by atoms with E-state index < -0.39 is 11.9 Å². The van der Waals surface area contributed by atoms with Crippen LogP contribution in [-0.2, 0) is 16.6 Å². The second-order valence-corrected chi connectivity index (χ2v) is 6.73. The Morgan fingerprint density at radius 1 is 0.931 bits per heavy atom. The number of nitrogens with one attached hydrogen (secondary N) is 1. The molecular formula is C22H24N2O5. The Kier molecular flexibility index (Phi) is 7.27. The van der Waals surface area contributed by atoms with E-state index in [9.17, 15) is 4.79 Å². The maximum Gasteiger partial charge on any atom is 0.414 e. The second kappa shape index (κ2) is 9.66. The lowest BCUT2D eigenvalue weighted by Gasteiger charge is -2.10. The van der Waals surface area contributed by atoms with Crippen molar-refractivity contribution in [3.8, 4) is 11.3 Å². The highest BCUT2D eigenvalue weighted by atomic mass is 16.4. The van der Waals surface area contributed by atoms with Crippen LogP contribution in [0.25, 0.3) is 22.2 Å². The number of benzene rings is 2. The molecule has 0 spiro atoms. The Balaban J connectivity index is 0.000000438. The SMILES string of the molecule is CC(C)NCC(=O)c1c(-c2ccccc2)n(C)c2ccccc12.O=C(O)C(=O)O. The summed E-state index contributed by atoms with van der Waals surface area (Å²) >= 11 is 0. The van der Waals surface area contributed by atoms with E-state index in [1.807, 2.05) is 43.4 Å². The average Bonchev–Trinajstić information content (AvgIpc) is 3.00. The van der Waals surface area contributed by atoms with Gasteiger partial charge in [0.15, 0.2) is 5.78 Å². The first kappa shape index (κ1) is 21.8. The summed E-state index contributed by atoms with van der Waals surface area (Å²) < 4.78 is 2.12. The van der Waals surface area contributed by atoms with E-state index in [-0.39, 0.29) is 11.8 Å². The first-order chi connectivity index (χ1) is 13.7. The summed E-state index contributed by atoms with van der Waals surface area (Å²) in [7, 11) is 2.03. The van der Waals surface area contributed by atoms with Gasteiger partial charge in [-0.2, -0.15) is 0 Å². The van der Waals surface area contributed by atoms with Crippen LogP contribution in [0, 0.1) is 0 Å². The molecule has 0 radical (unpaired) electrons. The summed E-state index contributed by atoms with van der Waals surface area (Å²) in [6.07, 6.45) is 0. The fraction of sp³-hybridized carbons (Fsp3) is 0.227. The molecule has 0 aliphatic heterocycles. The van der Waals surface area contributed by atoms with Crippen LogP contribution in [0.3, 0.4) is 0 Å². The summed E-state index contributed by atoms with van der Waals surface area (Å²) in [4.78, 5) is 31.1. The summed E-state index contributed by atoms with van der Waals surface area (Å²) in [6.45, 7) is 4.45. The average molecular weight is 396 g/mol. The normalized spacial score (nSPS) is 10.5. The van der Waals surface area contributed by atoms with Gasteiger partial charge in [-0.25, -0.2) is 9.59 Å². The number of aliphatic carboxylic acids is 2. The minimum Gasteiger partial charge on any atom is -0.473 e. The van der Waals surface area contributed by atoms with Crippen LogP contribution in [0.5, 0.6) is 0 Å². The molecule has 3 N–H and O–H groups in total. The lowest BCUT2D eigenvalue weighted by Crippen LogP contribution is -2.29. The minimum atomic E-state index is -1.82. The molecule has 3 rings (SSSR count). The summed E-state index contributed by atoms with van der Waals surface area (Å²) in [5, 5.41) is 19.0. The van der Waals surface area contributed by atoms with Gasteiger partial charge < -0.3 is 20.1 Å². The third-order valence-corrected chi connectivity index (χ3v) is 4.29. The van der Waals surface area contributed by atoms with Crippen molar-refractivity contribution in [1.29, 1.82) is 0 Å². The molecule has 2 aromatic carbocycles. The fourth-order valence-electron chi connectivity index (χ4n) is 2.99. The molecule has 0 atom stereocenters. The molecule has 0 aliphatic rings. The van der Waals surface area contributed by atoms with E-state index in [1.54, 1.807) is 0 Å². The molecule has 1 aromatic heterocycles. The van der Waals surface area contributed by atoms with Crippen LogP contribution >= 0.6 is 0 Å². The molecule has 1 heterocycles. The molecule has 0 saturated carbocycles. The van der Waals surface area contributed by atoms with Crippen molar-refractivity contribution in [2.24, 2.45) is 7.05 Å². The van der Waals surface area contributed by atoms with Gasteiger partial charge in [-0.15, -0.1) is 0 Å². The molecule has 0 fully saturated rings. The number of hydrogen-bond acceptors (Lipinski definition) is 4. The van der Waals surface area contributed by atoms with Gasteiger partial charge in [0.05, 0.1) is 17.8 Å². The topological polar surface area (TPSA) is 109 Å². The number of rotatable bonds is 5. The number of Topliss-reactive ketones (excluding diaryl/α,β-unsaturated/α-hetero) is 1. The van der Waals surface area contributed by atoms with Crippen LogP contribution in [0.2, 0.25) is 0 Å². The Bertz CT molecular complexity index is 1010. The summed E-state index contributed by atoms with van der Waals surface area (Å²) in [6, 6.07) is 18.5. The number of carboxylic acids is 2. The molecule has 0 saturated heterocycles. The predicted octanol–water partition coefficient (Wildman–Crippen LogP) is 3.18. The van der Waals surface area contributed by atoms with Crippen molar-refractivity contribution in [1.82, 2.24) is 9.88 Å². The quantitative estimate of drug-likeness (QED) is 0.451. The van der Waals surface area contributed by atoms with Crippen molar-refractivity contribution in [2.75, 3.05) is 6.54 Å². The van der Waals surface area contributed by atoms with Crippen molar-refractivity contribution in [3.63, 3.8) is 0 Å². The van der Waals surface area contributed by atoms with E-state index >= 15 is 0 Å². The lowest BCUT2D eigenvalue weighted by atomic mass is 10.0. The molecule has 3 aromatic rings. The van der Waals surface area contributed by atoms with Gasteiger partial charge in [-0.1, -0.05) is 62.4 Å². The van der Waals surface area contributed by atoms with Crippen molar-refractivity contribution < 1.29 is 24.6 Å². The smallest absolute Gasteiger partial charge is 0.414 e. The van der Waals surface area contributed by atoms with E-state index in [0.29, 0.717) is 6.54 Å². The summed E-state index contributed by atoms with van der Waals surface area (Å²) in [5.41, 5.74) is 3.95. The maximum absolute atomic E-state index is 12.9. The molecule has 0 amide bonds. The van der Waals surface area contributed by atoms with Crippen LogP contribution in [-0.4, -0.2) is 45.1 Å². The molecular weight excluding hydrogens is 372 g/mol. The van der Waals surface area contributed by atoms with Crippen molar-refractivity contribution >= 4 is 28.6 Å². The molecule has 7 nitrogen and oxygen atoms in total. The third kappa shape index (κ3) is 5.30. The van der Waals surface area contributed by atoms with E-state index in [4.69, 9.17) is 19.8 Å². The third-order valence-electron chi connectivity index (χ3n) is 4.29. The number of carbonyl (C=O) groups is 3. The number of fused-ring (bicyclic) bond motifs is 1. The van der Waals surface area contributed by atoms with Gasteiger partial charge in [0.1, 0.15) is 0 Å². The zero-order valence-corrected chi connectivity index (χ0v) is 16.5. The number of ketones is 1. The van der Waals surface area contributed by atoms with Gasteiger partial charge in [-0.3, -0.25) is 4.79 Å². The number of carbonyl (C=O) groups excluding carboxylic acids is 1. The standard InChI is InChI=1S/C20H22N2O.C2H2O4/c1-14(2)21-13-18(23)19-16-11-7-8-12-17(16)22(3)20(19)15-9-5-4-6-10-15;3-1(4)2(5)6/h4-12,14,21H,13H2,1-3H3;(H,3,4)(H,5,6). The van der Waals surface area contributed by atoms with E-state index in [2.05, 4.69) is 41.9 Å². The monoisotopic (exact) mass is 396 g/mol. The molecule has 0 unspecified atom stereocenters. The number of hydrogen-bond donors (Lipinski definition) is 3. The first-order valence-corrected chi connectivity index (χ1v) is 9.09. The van der Waals surface area contributed by atoms with Crippen LogP contribution in [0.15, 0.2) is 54.6 Å². The molecule has 7 heteroatoms. The van der Waals surface area contributed by atoms with Crippen LogP contribution < -0.4 is 5.32 Å². The zero-order chi connectivity index (χ0) is 21.6. The Morgan fingerprint density at radius 2 is 1.48 bits per heavy atom. The zero-order valence-electron chi connectivity index (χ0n) is 16.5. The van der Waals surface area contributed by atoms with Crippen molar-refractivity contribution in [2.45, 2.75) is 19.9 Å². The Hall–Kier alpha value is -3.45. The van der Waals surface area contributed by atoms with Crippen LogP contribution in [0.1, 0.15) is 24.2 Å². The first-order valence-electron chi connectivity index (χ1n) is 9.09. The highest BCUT2D eigenvalue weighted by Crippen LogP contribution is 2.33. The van der Waals surface area contributed by atoms with Crippen molar-refractivity contribution in [3.05, 3.63) is 60.2 Å². The minimum absolute atomic E-state index is 0.134. The van der Waals surface area contributed by atoms with Gasteiger partial charge in [-0.05, 0) is 11.6 Å². The fourth-order valence-corrected chi connectivity index (χ4v) is 2.99. The highest BCUT2D eigenvalue weighted by Gasteiger charge is 2.21. The second-order valence-electron chi connectivity index (χ2n) is 6.73. The molecule has 0 aliphatic carbocycles. The Morgan fingerprint density at radius 3 is 2.03 bits per heavy atom. The van der Waals surface area contributed by atoms with Gasteiger partial charge in [0.2, 0.25) is 0 Å². The molecule has 29 heavy (non-hydrogen) atoms. The van der Waals surface area contributed by atoms with Gasteiger partial charge in [0.25, 0.3) is 0 Å². The predicted molar refractivity (Wildman–Crippen MR) is 111 cm³/mol. The number of aromatic nitrogens is 1. The number of aryl methyl sites for hydroxylation is 1. The molecule has 152 valence electrons. The number of para-hydroxylation sites is 1. The highest BCUT2D eigenvalue weighted by molar-refractivity contribution is 6.27. The largest absolute Gasteiger partial charge is 0.473 e. The van der Waals surface area contributed by atoms with E-state index in [1.165, 1.54) is 0 Å². The number of nitrogens with zero attached hydrogens (tertiary/aromatic N) is 1. The summed E-state index contributed by atoms with van der Waals surface area (Å²) in [5.74, 6) is -3.51. The maximum atomic E-state index is 12.9. The number of carboxylic acid groups (broad SMARTS) is 2. The van der Waals surface area contributed by atoms with Gasteiger partial charge >= 0.3 is 11.9 Å². The molecule has 0 bridgehead atoms. The van der Waals surface area contributed by atoms with Gasteiger partial charge in [0, 0.05) is 24.0 Å². The van der Waals surface area contributed by atoms with Crippen LogP contribution in [0.4, 0.5) is 0 Å². The Labute approximate surface area is 168 Å². The lowest BCUT2D eigenvalue weighted by molar-refractivity contribution is -0.159. The van der Waals surface area contributed by atoms with E-state index in [0.717, 1.165) is 27.7 Å².